The lowest BCUT2D eigenvalue weighted by atomic mass is 9.84. The standard InChI is InChI=1S/C12H23N3O2S/c1-14-10(16)8-18-7-5-9-4-3-6-12(9,15-2)11(13)17/h9,15H,3-8H2,1-2H3,(H2,13,17)(H,14,16). The van der Waals surface area contributed by atoms with E-state index in [1.807, 2.05) is 0 Å². The number of hydrogen-bond acceptors (Lipinski definition) is 4. The van der Waals surface area contributed by atoms with Crippen molar-refractivity contribution in [2.24, 2.45) is 11.7 Å². The third-order valence-corrected chi connectivity index (χ3v) is 4.82. The van der Waals surface area contributed by atoms with Crippen LogP contribution in [-0.4, -0.2) is 43.0 Å². The zero-order valence-corrected chi connectivity index (χ0v) is 11.9. The summed E-state index contributed by atoms with van der Waals surface area (Å²) in [7, 11) is 3.44. The molecule has 0 radical (unpaired) electrons. The number of hydrogen-bond donors (Lipinski definition) is 3. The van der Waals surface area contributed by atoms with Gasteiger partial charge in [0, 0.05) is 7.05 Å². The van der Waals surface area contributed by atoms with Gasteiger partial charge in [-0.25, -0.2) is 0 Å². The van der Waals surface area contributed by atoms with Crippen molar-refractivity contribution in [2.75, 3.05) is 25.6 Å². The summed E-state index contributed by atoms with van der Waals surface area (Å²) in [4.78, 5) is 22.7. The summed E-state index contributed by atoms with van der Waals surface area (Å²) in [5.41, 5.74) is 5.00. The molecule has 0 aromatic heterocycles. The third-order valence-electron chi connectivity index (χ3n) is 3.83. The van der Waals surface area contributed by atoms with E-state index in [1.54, 1.807) is 25.9 Å². The van der Waals surface area contributed by atoms with Gasteiger partial charge in [-0.3, -0.25) is 9.59 Å². The Morgan fingerprint density at radius 3 is 2.72 bits per heavy atom. The molecule has 18 heavy (non-hydrogen) atoms. The van der Waals surface area contributed by atoms with Gasteiger partial charge in [0.15, 0.2) is 0 Å². The summed E-state index contributed by atoms with van der Waals surface area (Å²) >= 11 is 1.60. The maximum atomic E-state index is 11.6. The molecule has 6 heteroatoms. The SMILES string of the molecule is CNC(=O)CSCCC1CCCC1(NC)C(N)=O. The molecular formula is C12H23N3O2S. The second kappa shape index (κ2) is 6.99. The average Bonchev–Trinajstić information content (AvgIpc) is 2.78. The van der Waals surface area contributed by atoms with Gasteiger partial charge in [0.05, 0.1) is 5.75 Å². The molecule has 0 saturated heterocycles. The minimum atomic E-state index is -0.534. The third kappa shape index (κ3) is 3.38. The molecule has 0 spiro atoms. The van der Waals surface area contributed by atoms with Gasteiger partial charge >= 0.3 is 0 Å². The Bertz CT molecular complexity index is 312. The predicted octanol–water partition coefficient (Wildman–Crippen LogP) is 0.0993. The van der Waals surface area contributed by atoms with E-state index in [4.69, 9.17) is 5.73 Å². The quantitative estimate of drug-likeness (QED) is 0.574. The average molecular weight is 273 g/mol. The van der Waals surface area contributed by atoms with Crippen LogP contribution in [0, 0.1) is 5.92 Å². The van der Waals surface area contributed by atoms with Crippen LogP contribution in [0.2, 0.25) is 0 Å². The smallest absolute Gasteiger partial charge is 0.238 e. The molecule has 2 amide bonds. The van der Waals surface area contributed by atoms with Crippen LogP contribution in [-0.2, 0) is 9.59 Å². The van der Waals surface area contributed by atoms with Crippen molar-refractivity contribution in [3.63, 3.8) is 0 Å². The zero-order valence-electron chi connectivity index (χ0n) is 11.1. The van der Waals surface area contributed by atoms with E-state index in [0.29, 0.717) is 5.75 Å². The highest BCUT2D eigenvalue weighted by Gasteiger charge is 2.45. The van der Waals surface area contributed by atoms with Crippen LogP contribution < -0.4 is 16.4 Å². The van der Waals surface area contributed by atoms with Crippen molar-refractivity contribution in [1.82, 2.24) is 10.6 Å². The number of carbonyl (C=O) groups excluding carboxylic acids is 2. The molecule has 1 aliphatic rings. The van der Waals surface area contributed by atoms with E-state index in [2.05, 4.69) is 10.6 Å². The van der Waals surface area contributed by atoms with Crippen LogP contribution >= 0.6 is 11.8 Å². The Balaban J connectivity index is 2.41. The van der Waals surface area contributed by atoms with Crippen LogP contribution in [0.4, 0.5) is 0 Å². The van der Waals surface area contributed by atoms with E-state index in [-0.39, 0.29) is 17.7 Å². The maximum Gasteiger partial charge on any atom is 0.238 e. The molecule has 104 valence electrons. The highest BCUT2D eigenvalue weighted by molar-refractivity contribution is 7.99. The first kappa shape index (κ1) is 15.3. The van der Waals surface area contributed by atoms with Crippen LogP contribution in [0.3, 0.4) is 0 Å². The van der Waals surface area contributed by atoms with Crippen LogP contribution in [0.25, 0.3) is 0 Å². The first-order valence-electron chi connectivity index (χ1n) is 6.34. The van der Waals surface area contributed by atoms with Gasteiger partial charge in [-0.1, -0.05) is 6.42 Å². The zero-order chi connectivity index (χ0) is 13.6. The molecule has 1 rings (SSSR count). The van der Waals surface area contributed by atoms with E-state index >= 15 is 0 Å². The lowest BCUT2D eigenvalue weighted by Crippen LogP contribution is -2.56. The Morgan fingerprint density at radius 2 is 2.17 bits per heavy atom. The molecule has 0 heterocycles. The Hall–Kier alpha value is -0.750. The van der Waals surface area contributed by atoms with E-state index in [0.717, 1.165) is 31.4 Å². The number of likely N-dealkylation sites (N-methyl/N-ethyl adjacent to an activating group) is 1. The normalized spacial score (nSPS) is 27.1. The maximum absolute atomic E-state index is 11.6. The molecule has 2 unspecified atom stereocenters. The van der Waals surface area contributed by atoms with Crippen LogP contribution in [0.15, 0.2) is 0 Å². The summed E-state index contributed by atoms with van der Waals surface area (Å²) in [5.74, 6) is 1.45. The predicted molar refractivity (Wildman–Crippen MR) is 74.3 cm³/mol. The van der Waals surface area contributed by atoms with Crippen molar-refractivity contribution in [3.8, 4) is 0 Å². The molecule has 2 atom stereocenters. The van der Waals surface area contributed by atoms with E-state index in [1.165, 1.54) is 0 Å². The van der Waals surface area contributed by atoms with Gasteiger partial charge in [0.2, 0.25) is 11.8 Å². The second-order valence-corrected chi connectivity index (χ2v) is 5.79. The van der Waals surface area contributed by atoms with Crippen molar-refractivity contribution in [2.45, 2.75) is 31.2 Å². The largest absolute Gasteiger partial charge is 0.368 e. The van der Waals surface area contributed by atoms with Crippen LogP contribution in [0.5, 0.6) is 0 Å². The number of amides is 2. The summed E-state index contributed by atoms with van der Waals surface area (Å²) in [6.07, 6.45) is 3.81. The summed E-state index contributed by atoms with van der Waals surface area (Å²) < 4.78 is 0. The number of nitrogens with one attached hydrogen (secondary N) is 2. The Labute approximate surface area is 113 Å². The Kier molecular flexibility index (Phi) is 5.95. The van der Waals surface area contributed by atoms with Crippen molar-refractivity contribution in [1.29, 1.82) is 0 Å². The second-order valence-electron chi connectivity index (χ2n) is 4.69. The highest BCUT2D eigenvalue weighted by Crippen LogP contribution is 2.38. The number of rotatable bonds is 7. The molecule has 0 aliphatic heterocycles. The monoisotopic (exact) mass is 273 g/mol. The Morgan fingerprint density at radius 1 is 1.44 bits per heavy atom. The van der Waals surface area contributed by atoms with Gasteiger partial charge in [-0.05, 0) is 38.0 Å². The molecule has 4 N–H and O–H groups in total. The number of primary amides is 1. The molecule has 0 aromatic rings. The molecule has 1 fully saturated rings. The summed E-state index contributed by atoms with van der Waals surface area (Å²) in [6.45, 7) is 0. The highest BCUT2D eigenvalue weighted by atomic mass is 32.2. The van der Waals surface area contributed by atoms with E-state index in [9.17, 15) is 9.59 Å². The van der Waals surface area contributed by atoms with Gasteiger partial charge in [-0.15, -0.1) is 0 Å². The fourth-order valence-electron chi connectivity index (χ4n) is 2.71. The van der Waals surface area contributed by atoms with Gasteiger partial charge in [0.1, 0.15) is 5.54 Å². The van der Waals surface area contributed by atoms with Crippen LogP contribution in [0.1, 0.15) is 25.7 Å². The fraction of sp³-hybridized carbons (Fsp3) is 0.833. The number of nitrogens with two attached hydrogens (primary N) is 1. The summed E-state index contributed by atoms with van der Waals surface area (Å²) in [6, 6.07) is 0. The van der Waals surface area contributed by atoms with Gasteiger partial charge < -0.3 is 16.4 Å². The lowest BCUT2D eigenvalue weighted by molar-refractivity contribution is -0.125. The fourth-order valence-corrected chi connectivity index (χ4v) is 3.63. The first-order valence-corrected chi connectivity index (χ1v) is 7.49. The molecule has 5 nitrogen and oxygen atoms in total. The van der Waals surface area contributed by atoms with Crippen molar-refractivity contribution >= 4 is 23.6 Å². The minimum Gasteiger partial charge on any atom is -0.368 e. The van der Waals surface area contributed by atoms with Crippen molar-refractivity contribution in [3.05, 3.63) is 0 Å². The molecular weight excluding hydrogens is 250 g/mol. The van der Waals surface area contributed by atoms with E-state index < -0.39 is 5.54 Å². The van der Waals surface area contributed by atoms with Gasteiger partial charge in [-0.2, -0.15) is 11.8 Å². The lowest BCUT2D eigenvalue weighted by Gasteiger charge is -2.32. The number of thioether (sulfide) groups is 1. The van der Waals surface area contributed by atoms with Crippen molar-refractivity contribution < 1.29 is 9.59 Å². The molecule has 1 aliphatic carbocycles. The molecule has 0 bridgehead atoms. The minimum absolute atomic E-state index is 0.0428. The topological polar surface area (TPSA) is 84.2 Å². The molecule has 1 saturated carbocycles. The summed E-state index contributed by atoms with van der Waals surface area (Å²) in [5, 5.41) is 5.72. The first-order chi connectivity index (χ1) is 8.56. The molecule has 0 aromatic carbocycles. The number of carbonyl (C=O) groups is 2. The van der Waals surface area contributed by atoms with Gasteiger partial charge in [0.25, 0.3) is 0 Å².